The predicted molar refractivity (Wildman–Crippen MR) is 93.2 cm³/mol. The van der Waals surface area contributed by atoms with Crippen molar-refractivity contribution in [1.29, 1.82) is 0 Å². The Morgan fingerprint density at radius 2 is 1.70 bits per heavy atom. The summed E-state index contributed by atoms with van der Waals surface area (Å²) in [5.41, 5.74) is 0.456. The van der Waals surface area contributed by atoms with Crippen LogP contribution in [0.5, 0.6) is 11.5 Å². The van der Waals surface area contributed by atoms with E-state index in [9.17, 15) is 4.79 Å². The van der Waals surface area contributed by atoms with Gasteiger partial charge in [0, 0.05) is 16.1 Å². The Bertz CT molecular complexity index is 722. The van der Waals surface area contributed by atoms with Crippen molar-refractivity contribution in [3.8, 4) is 11.5 Å². The zero-order chi connectivity index (χ0) is 17.0. The number of carbonyl (C=O) groups is 1. The molecule has 0 aliphatic carbocycles. The summed E-state index contributed by atoms with van der Waals surface area (Å²) in [7, 11) is 1.50. The van der Waals surface area contributed by atoms with Crippen LogP contribution in [0.4, 0.5) is 5.69 Å². The molecule has 0 saturated heterocycles. The van der Waals surface area contributed by atoms with Crippen molar-refractivity contribution in [3.63, 3.8) is 0 Å². The lowest BCUT2D eigenvalue weighted by Crippen LogP contribution is -2.30. The van der Waals surface area contributed by atoms with E-state index >= 15 is 0 Å². The van der Waals surface area contributed by atoms with Crippen LogP contribution >= 0.6 is 34.8 Å². The maximum Gasteiger partial charge on any atom is 0.265 e. The number of benzene rings is 2. The molecule has 23 heavy (non-hydrogen) atoms. The summed E-state index contributed by atoms with van der Waals surface area (Å²) in [4.78, 5) is 12.3. The van der Waals surface area contributed by atoms with Crippen LogP contribution in [0, 0.1) is 0 Å². The largest absolute Gasteiger partial charge is 0.495 e. The Kier molecular flexibility index (Phi) is 5.99. The van der Waals surface area contributed by atoms with E-state index in [2.05, 4.69) is 5.32 Å². The molecule has 0 saturated carbocycles. The molecule has 1 atom stereocenters. The molecule has 7 heteroatoms. The van der Waals surface area contributed by atoms with Crippen LogP contribution in [0.1, 0.15) is 6.92 Å². The van der Waals surface area contributed by atoms with Crippen LogP contribution < -0.4 is 14.8 Å². The number of carbonyl (C=O) groups excluding carboxylic acids is 1. The van der Waals surface area contributed by atoms with Gasteiger partial charge in [0.2, 0.25) is 0 Å². The lowest BCUT2D eigenvalue weighted by Gasteiger charge is -2.17. The monoisotopic (exact) mass is 373 g/mol. The van der Waals surface area contributed by atoms with Gasteiger partial charge in [-0.3, -0.25) is 4.79 Å². The number of ether oxygens (including phenoxy) is 2. The van der Waals surface area contributed by atoms with Crippen molar-refractivity contribution in [2.75, 3.05) is 12.4 Å². The molecule has 0 spiro atoms. The van der Waals surface area contributed by atoms with E-state index in [0.29, 0.717) is 32.3 Å². The molecular formula is C16H14Cl3NO3. The SMILES string of the molecule is COc1ccc(Cl)cc1NC(=O)C(C)Oc1cc(Cl)ccc1Cl. The van der Waals surface area contributed by atoms with Gasteiger partial charge in [-0.1, -0.05) is 34.8 Å². The number of methoxy groups -OCH3 is 1. The minimum absolute atomic E-state index is 0.333. The number of halogens is 3. The van der Waals surface area contributed by atoms with Gasteiger partial charge in [-0.2, -0.15) is 0 Å². The van der Waals surface area contributed by atoms with Gasteiger partial charge < -0.3 is 14.8 Å². The fraction of sp³-hybridized carbons (Fsp3) is 0.188. The third-order valence-corrected chi connectivity index (χ3v) is 3.77. The molecule has 0 aliphatic heterocycles. The highest BCUT2D eigenvalue weighted by Gasteiger charge is 2.18. The molecule has 1 unspecified atom stereocenters. The molecule has 2 aromatic carbocycles. The van der Waals surface area contributed by atoms with Crippen molar-refractivity contribution >= 4 is 46.4 Å². The second-order valence-corrected chi connectivity index (χ2v) is 5.95. The molecule has 1 N–H and O–H groups in total. The molecule has 4 nitrogen and oxygen atoms in total. The summed E-state index contributed by atoms with van der Waals surface area (Å²) < 4.78 is 10.7. The van der Waals surface area contributed by atoms with Gasteiger partial charge in [0.25, 0.3) is 5.91 Å². The first-order valence-corrected chi connectivity index (χ1v) is 7.80. The molecule has 2 rings (SSSR count). The Morgan fingerprint density at radius 3 is 2.39 bits per heavy atom. The molecule has 1 amide bonds. The summed E-state index contributed by atoms with van der Waals surface area (Å²) in [6, 6.07) is 9.71. The Morgan fingerprint density at radius 1 is 1.04 bits per heavy atom. The summed E-state index contributed by atoms with van der Waals surface area (Å²) in [6.07, 6.45) is -0.797. The number of nitrogens with one attached hydrogen (secondary N) is 1. The van der Waals surface area contributed by atoms with Crippen molar-refractivity contribution in [2.45, 2.75) is 13.0 Å². The van der Waals surface area contributed by atoms with E-state index in [0.717, 1.165) is 0 Å². The Balaban J connectivity index is 2.11. The van der Waals surface area contributed by atoms with Crippen LogP contribution in [0.25, 0.3) is 0 Å². The molecule has 2 aromatic rings. The number of hydrogen-bond acceptors (Lipinski definition) is 3. The fourth-order valence-electron chi connectivity index (χ4n) is 1.82. The molecule has 0 bridgehead atoms. The van der Waals surface area contributed by atoms with Gasteiger partial charge in [-0.05, 0) is 37.3 Å². The normalized spacial score (nSPS) is 11.7. The Labute approximate surface area is 149 Å². The van der Waals surface area contributed by atoms with E-state index in [-0.39, 0.29) is 5.91 Å². The van der Waals surface area contributed by atoms with Crippen molar-refractivity contribution in [1.82, 2.24) is 0 Å². The van der Waals surface area contributed by atoms with Crippen LogP contribution in [-0.4, -0.2) is 19.1 Å². The average Bonchev–Trinajstić information content (AvgIpc) is 2.51. The first kappa shape index (κ1) is 17.7. The number of rotatable bonds is 5. The highest BCUT2D eigenvalue weighted by molar-refractivity contribution is 6.34. The second-order valence-electron chi connectivity index (χ2n) is 4.67. The maximum atomic E-state index is 12.3. The third kappa shape index (κ3) is 4.67. The highest BCUT2D eigenvalue weighted by atomic mass is 35.5. The summed E-state index contributed by atoms with van der Waals surface area (Å²) in [5, 5.41) is 4.02. The van der Waals surface area contributed by atoms with E-state index in [1.54, 1.807) is 43.3 Å². The molecule has 0 aromatic heterocycles. The quantitative estimate of drug-likeness (QED) is 0.795. The molecule has 0 aliphatic rings. The smallest absolute Gasteiger partial charge is 0.265 e. The predicted octanol–water partition coefficient (Wildman–Crippen LogP) is 5.06. The fourth-order valence-corrected chi connectivity index (χ4v) is 2.32. The molecule has 0 heterocycles. The molecular weight excluding hydrogens is 361 g/mol. The van der Waals surface area contributed by atoms with Gasteiger partial charge in [0.15, 0.2) is 6.10 Å². The first-order chi connectivity index (χ1) is 10.9. The van der Waals surface area contributed by atoms with Gasteiger partial charge in [-0.25, -0.2) is 0 Å². The summed E-state index contributed by atoms with van der Waals surface area (Å²) in [5.74, 6) is 0.456. The number of amides is 1. The summed E-state index contributed by atoms with van der Waals surface area (Å²) in [6.45, 7) is 1.60. The number of hydrogen-bond donors (Lipinski definition) is 1. The van der Waals surface area contributed by atoms with Gasteiger partial charge >= 0.3 is 0 Å². The molecule has 0 radical (unpaired) electrons. The van der Waals surface area contributed by atoms with Crippen LogP contribution in [-0.2, 0) is 4.79 Å². The zero-order valence-corrected chi connectivity index (χ0v) is 14.7. The van der Waals surface area contributed by atoms with E-state index in [4.69, 9.17) is 44.3 Å². The average molecular weight is 375 g/mol. The lowest BCUT2D eigenvalue weighted by atomic mass is 10.2. The van der Waals surface area contributed by atoms with Gasteiger partial charge in [-0.15, -0.1) is 0 Å². The van der Waals surface area contributed by atoms with Crippen molar-refractivity contribution < 1.29 is 14.3 Å². The van der Waals surface area contributed by atoms with Crippen molar-refractivity contribution in [2.24, 2.45) is 0 Å². The molecule has 0 fully saturated rings. The second kappa shape index (κ2) is 7.77. The highest BCUT2D eigenvalue weighted by Crippen LogP contribution is 2.30. The van der Waals surface area contributed by atoms with Crippen molar-refractivity contribution in [3.05, 3.63) is 51.5 Å². The zero-order valence-electron chi connectivity index (χ0n) is 12.4. The van der Waals surface area contributed by atoms with E-state index in [1.807, 2.05) is 0 Å². The lowest BCUT2D eigenvalue weighted by molar-refractivity contribution is -0.122. The topological polar surface area (TPSA) is 47.6 Å². The standard InChI is InChI=1S/C16H14Cl3NO3/c1-9(23-15-8-11(18)3-5-12(15)19)16(21)20-13-7-10(17)4-6-14(13)22-2/h3-9H,1-2H3,(H,20,21). The van der Waals surface area contributed by atoms with Gasteiger partial charge in [0.05, 0.1) is 17.8 Å². The van der Waals surface area contributed by atoms with Crippen LogP contribution in [0.3, 0.4) is 0 Å². The first-order valence-electron chi connectivity index (χ1n) is 6.67. The van der Waals surface area contributed by atoms with E-state index < -0.39 is 6.10 Å². The van der Waals surface area contributed by atoms with Gasteiger partial charge in [0.1, 0.15) is 11.5 Å². The van der Waals surface area contributed by atoms with Crippen LogP contribution in [0.15, 0.2) is 36.4 Å². The maximum absolute atomic E-state index is 12.3. The Hall–Kier alpha value is -1.62. The summed E-state index contributed by atoms with van der Waals surface area (Å²) >= 11 is 17.9. The van der Waals surface area contributed by atoms with Crippen LogP contribution in [0.2, 0.25) is 15.1 Å². The minimum atomic E-state index is -0.797. The van der Waals surface area contributed by atoms with E-state index in [1.165, 1.54) is 7.11 Å². The minimum Gasteiger partial charge on any atom is -0.495 e. The third-order valence-electron chi connectivity index (χ3n) is 2.99. The number of anilines is 1. The molecule has 122 valence electrons.